The zero-order valence-electron chi connectivity index (χ0n) is 13.5. The standard InChI is InChI=1S/C24H15F/c25-19-12-10-17-11-13-21-20-9-5-4-8-18(20)14-22(24(21)23(17)15-19)16-6-2-1-3-7-16/h1-15H. The SMILES string of the molecule is Fc1ccc2ccc3c4ccccc4cc(-c4ccccc4)c3c2c1. The van der Waals surface area contributed by atoms with Crippen LogP contribution >= 0.6 is 0 Å². The highest BCUT2D eigenvalue weighted by Crippen LogP contribution is 2.39. The Morgan fingerprint density at radius 1 is 0.520 bits per heavy atom. The molecule has 0 aliphatic carbocycles. The molecule has 0 spiro atoms. The fourth-order valence-corrected chi connectivity index (χ4v) is 3.75. The number of hydrogen-bond donors (Lipinski definition) is 0. The fourth-order valence-electron chi connectivity index (χ4n) is 3.75. The molecule has 1 heteroatoms. The molecule has 25 heavy (non-hydrogen) atoms. The van der Waals surface area contributed by atoms with E-state index >= 15 is 0 Å². The molecule has 0 radical (unpaired) electrons. The first-order valence-corrected chi connectivity index (χ1v) is 8.40. The summed E-state index contributed by atoms with van der Waals surface area (Å²) in [5, 5.41) is 6.69. The van der Waals surface area contributed by atoms with Crippen molar-refractivity contribution >= 4 is 32.3 Å². The van der Waals surface area contributed by atoms with Gasteiger partial charge in [-0.1, -0.05) is 72.8 Å². The Hall–Kier alpha value is -3.19. The van der Waals surface area contributed by atoms with Crippen molar-refractivity contribution in [2.75, 3.05) is 0 Å². The lowest BCUT2D eigenvalue weighted by molar-refractivity contribution is 0.630. The summed E-state index contributed by atoms with van der Waals surface area (Å²) in [7, 11) is 0. The molecule has 0 aliphatic rings. The van der Waals surface area contributed by atoms with E-state index < -0.39 is 0 Å². The van der Waals surface area contributed by atoms with E-state index in [2.05, 4.69) is 54.6 Å². The summed E-state index contributed by atoms with van der Waals surface area (Å²) in [5.41, 5.74) is 2.29. The van der Waals surface area contributed by atoms with E-state index in [0.717, 1.165) is 32.7 Å². The minimum atomic E-state index is -0.202. The largest absolute Gasteiger partial charge is 0.207 e. The van der Waals surface area contributed by atoms with Crippen LogP contribution in [0.2, 0.25) is 0 Å². The third kappa shape index (κ3) is 2.20. The zero-order valence-corrected chi connectivity index (χ0v) is 13.5. The Bertz CT molecular complexity index is 1240. The lowest BCUT2D eigenvalue weighted by atomic mass is 9.90. The average Bonchev–Trinajstić information content (AvgIpc) is 2.67. The Morgan fingerprint density at radius 2 is 1.28 bits per heavy atom. The van der Waals surface area contributed by atoms with Crippen molar-refractivity contribution in [2.45, 2.75) is 0 Å². The predicted octanol–water partition coefficient (Wildman–Crippen LogP) is 6.95. The molecule has 0 atom stereocenters. The lowest BCUT2D eigenvalue weighted by Crippen LogP contribution is -1.87. The normalized spacial score (nSPS) is 11.4. The molecule has 0 N–H and O–H groups in total. The van der Waals surface area contributed by atoms with Gasteiger partial charge in [-0.25, -0.2) is 4.39 Å². The van der Waals surface area contributed by atoms with Crippen LogP contribution in [0.3, 0.4) is 0 Å². The van der Waals surface area contributed by atoms with Gasteiger partial charge in [-0.2, -0.15) is 0 Å². The number of hydrogen-bond acceptors (Lipinski definition) is 0. The van der Waals surface area contributed by atoms with Crippen molar-refractivity contribution in [1.82, 2.24) is 0 Å². The van der Waals surface area contributed by atoms with Gasteiger partial charge in [-0.3, -0.25) is 0 Å². The molecule has 5 rings (SSSR count). The topological polar surface area (TPSA) is 0 Å². The summed E-state index contributed by atoms with van der Waals surface area (Å²) >= 11 is 0. The van der Waals surface area contributed by atoms with Crippen LogP contribution < -0.4 is 0 Å². The Morgan fingerprint density at radius 3 is 2.16 bits per heavy atom. The third-order valence-electron chi connectivity index (χ3n) is 4.89. The highest BCUT2D eigenvalue weighted by molar-refractivity contribution is 6.22. The molecule has 0 saturated carbocycles. The van der Waals surface area contributed by atoms with Crippen LogP contribution in [-0.2, 0) is 0 Å². The van der Waals surface area contributed by atoms with Crippen molar-refractivity contribution < 1.29 is 4.39 Å². The van der Waals surface area contributed by atoms with Gasteiger partial charge in [0, 0.05) is 0 Å². The van der Waals surface area contributed by atoms with E-state index in [-0.39, 0.29) is 5.82 Å². The molecular formula is C24H15F. The van der Waals surface area contributed by atoms with Gasteiger partial charge in [0.25, 0.3) is 0 Å². The monoisotopic (exact) mass is 322 g/mol. The van der Waals surface area contributed by atoms with E-state index in [1.165, 1.54) is 16.8 Å². The number of benzene rings is 5. The van der Waals surface area contributed by atoms with Crippen LogP contribution in [0, 0.1) is 5.82 Å². The molecule has 0 heterocycles. The minimum absolute atomic E-state index is 0.202. The van der Waals surface area contributed by atoms with Gasteiger partial charge in [0.2, 0.25) is 0 Å². The molecule has 5 aromatic carbocycles. The van der Waals surface area contributed by atoms with Crippen molar-refractivity contribution in [3.05, 3.63) is 96.8 Å². The Labute approximate surface area is 145 Å². The second-order valence-corrected chi connectivity index (χ2v) is 6.36. The van der Waals surface area contributed by atoms with Crippen molar-refractivity contribution in [2.24, 2.45) is 0 Å². The van der Waals surface area contributed by atoms with Gasteiger partial charge in [0.15, 0.2) is 0 Å². The highest BCUT2D eigenvalue weighted by atomic mass is 19.1. The van der Waals surface area contributed by atoms with E-state index in [9.17, 15) is 4.39 Å². The molecule has 0 fully saturated rings. The maximum absolute atomic E-state index is 14.0. The van der Waals surface area contributed by atoms with E-state index in [4.69, 9.17) is 0 Å². The molecule has 0 aliphatic heterocycles. The molecule has 0 nitrogen and oxygen atoms in total. The van der Waals surface area contributed by atoms with Gasteiger partial charge in [0.05, 0.1) is 0 Å². The second-order valence-electron chi connectivity index (χ2n) is 6.36. The van der Waals surface area contributed by atoms with E-state index in [1.807, 2.05) is 24.3 Å². The maximum atomic E-state index is 14.0. The highest BCUT2D eigenvalue weighted by Gasteiger charge is 2.12. The Balaban J connectivity index is 2.07. The third-order valence-corrected chi connectivity index (χ3v) is 4.89. The second kappa shape index (κ2) is 5.42. The van der Waals surface area contributed by atoms with Crippen molar-refractivity contribution in [3.63, 3.8) is 0 Å². The number of fused-ring (bicyclic) bond motifs is 5. The molecule has 0 amide bonds. The van der Waals surface area contributed by atoms with Crippen LogP contribution in [0.5, 0.6) is 0 Å². The molecule has 0 unspecified atom stereocenters. The van der Waals surface area contributed by atoms with Crippen molar-refractivity contribution in [1.29, 1.82) is 0 Å². The summed E-state index contributed by atoms with van der Waals surface area (Å²) < 4.78 is 14.0. The summed E-state index contributed by atoms with van der Waals surface area (Å²) in [5.74, 6) is -0.202. The average molecular weight is 322 g/mol. The van der Waals surface area contributed by atoms with Crippen LogP contribution in [0.15, 0.2) is 91.0 Å². The van der Waals surface area contributed by atoms with Gasteiger partial charge in [0.1, 0.15) is 5.82 Å². The first kappa shape index (κ1) is 14.2. The summed E-state index contributed by atoms with van der Waals surface area (Å²) in [4.78, 5) is 0. The maximum Gasteiger partial charge on any atom is 0.123 e. The van der Waals surface area contributed by atoms with Crippen molar-refractivity contribution in [3.8, 4) is 11.1 Å². The van der Waals surface area contributed by atoms with Crippen LogP contribution in [0.1, 0.15) is 0 Å². The molecule has 0 bridgehead atoms. The summed E-state index contributed by atoms with van der Waals surface area (Å²) in [6, 6.07) is 30.2. The molecule has 0 aromatic heterocycles. The fraction of sp³-hybridized carbons (Fsp3) is 0. The Kier molecular flexibility index (Phi) is 3.07. The first-order valence-electron chi connectivity index (χ1n) is 8.40. The minimum Gasteiger partial charge on any atom is -0.207 e. The molecule has 5 aromatic rings. The van der Waals surface area contributed by atoms with Gasteiger partial charge in [-0.15, -0.1) is 0 Å². The van der Waals surface area contributed by atoms with Crippen LogP contribution in [0.25, 0.3) is 43.4 Å². The van der Waals surface area contributed by atoms with Gasteiger partial charge < -0.3 is 0 Å². The smallest absolute Gasteiger partial charge is 0.123 e. The quantitative estimate of drug-likeness (QED) is 0.293. The van der Waals surface area contributed by atoms with Crippen LogP contribution in [0.4, 0.5) is 4.39 Å². The number of rotatable bonds is 1. The van der Waals surface area contributed by atoms with E-state index in [0.29, 0.717) is 0 Å². The van der Waals surface area contributed by atoms with Crippen LogP contribution in [-0.4, -0.2) is 0 Å². The summed E-state index contributed by atoms with van der Waals surface area (Å²) in [6.45, 7) is 0. The van der Waals surface area contributed by atoms with E-state index in [1.54, 1.807) is 6.07 Å². The molecular weight excluding hydrogens is 307 g/mol. The zero-order chi connectivity index (χ0) is 16.8. The molecule has 118 valence electrons. The van der Waals surface area contributed by atoms with Gasteiger partial charge >= 0.3 is 0 Å². The predicted molar refractivity (Wildman–Crippen MR) is 104 cm³/mol. The molecule has 0 saturated heterocycles. The van der Waals surface area contributed by atoms with Gasteiger partial charge in [-0.05, 0) is 61.6 Å². The first-order chi connectivity index (χ1) is 12.3. The number of halogens is 1. The lowest BCUT2D eigenvalue weighted by Gasteiger charge is -2.14. The summed E-state index contributed by atoms with van der Waals surface area (Å²) in [6.07, 6.45) is 0.